The van der Waals surface area contributed by atoms with Gasteiger partial charge in [-0.2, -0.15) is 0 Å². The molecule has 0 heterocycles. The summed E-state index contributed by atoms with van der Waals surface area (Å²) in [6, 6.07) is 10.9. The molecular formula is C14H11BrCl2O2. The molecule has 0 amide bonds. The fourth-order valence-corrected chi connectivity index (χ4v) is 2.17. The number of ether oxygens (including phenoxy) is 2. The number of halogens is 3. The van der Waals surface area contributed by atoms with Crippen LogP contribution >= 0.6 is 39.1 Å². The Morgan fingerprint density at radius 2 is 1.74 bits per heavy atom. The molecule has 0 bridgehead atoms. The van der Waals surface area contributed by atoms with Crippen molar-refractivity contribution in [3.8, 4) is 11.5 Å². The molecule has 0 radical (unpaired) electrons. The van der Waals surface area contributed by atoms with Gasteiger partial charge in [-0.25, -0.2) is 0 Å². The summed E-state index contributed by atoms with van der Waals surface area (Å²) in [4.78, 5) is 0. The maximum absolute atomic E-state index is 5.93. The summed E-state index contributed by atoms with van der Waals surface area (Å²) >= 11 is 15.3. The van der Waals surface area contributed by atoms with Crippen LogP contribution in [0, 0.1) is 0 Å². The zero-order valence-corrected chi connectivity index (χ0v) is 13.2. The molecule has 0 saturated heterocycles. The van der Waals surface area contributed by atoms with Gasteiger partial charge in [0, 0.05) is 16.1 Å². The van der Waals surface area contributed by atoms with Gasteiger partial charge in [-0.1, -0.05) is 39.1 Å². The van der Waals surface area contributed by atoms with Crippen LogP contribution in [0.3, 0.4) is 0 Å². The Morgan fingerprint density at radius 3 is 2.42 bits per heavy atom. The van der Waals surface area contributed by atoms with E-state index in [0.29, 0.717) is 22.4 Å². The van der Waals surface area contributed by atoms with Crippen LogP contribution in [0.1, 0.15) is 5.56 Å². The second kappa shape index (κ2) is 6.51. The Hall–Kier alpha value is -0.900. The fraction of sp³-hybridized carbons (Fsp3) is 0.143. The van der Waals surface area contributed by atoms with E-state index in [1.54, 1.807) is 25.3 Å². The van der Waals surface area contributed by atoms with E-state index in [9.17, 15) is 0 Å². The summed E-state index contributed by atoms with van der Waals surface area (Å²) in [6.07, 6.45) is 0. The zero-order valence-electron chi connectivity index (χ0n) is 10.1. The van der Waals surface area contributed by atoms with Gasteiger partial charge < -0.3 is 9.47 Å². The number of rotatable bonds is 4. The maximum atomic E-state index is 5.93. The van der Waals surface area contributed by atoms with Crippen molar-refractivity contribution in [3.63, 3.8) is 0 Å². The van der Waals surface area contributed by atoms with Gasteiger partial charge >= 0.3 is 0 Å². The molecule has 0 N–H and O–H groups in total. The lowest BCUT2D eigenvalue weighted by Crippen LogP contribution is -1.97. The third-order valence-corrected chi connectivity index (χ3v) is 4.05. The highest BCUT2D eigenvalue weighted by Gasteiger charge is 2.05. The van der Waals surface area contributed by atoms with E-state index in [4.69, 9.17) is 32.7 Å². The molecule has 0 spiro atoms. The van der Waals surface area contributed by atoms with Crippen molar-refractivity contribution < 1.29 is 9.47 Å². The summed E-state index contributed by atoms with van der Waals surface area (Å²) in [5.41, 5.74) is 0.991. The first-order chi connectivity index (χ1) is 9.10. The molecule has 5 heteroatoms. The van der Waals surface area contributed by atoms with Gasteiger partial charge in [0.1, 0.15) is 18.1 Å². The van der Waals surface area contributed by atoms with Crippen molar-refractivity contribution in [2.45, 2.75) is 6.61 Å². The lowest BCUT2D eigenvalue weighted by atomic mass is 10.2. The molecule has 19 heavy (non-hydrogen) atoms. The molecular weight excluding hydrogens is 351 g/mol. The highest BCUT2D eigenvalue weighted by molar-refractivity contribution is 9.10. The molecule has 2 nitrogen and oxygen atoms in total. The van der Waals surface area contributed by atoms with Gasteiger partial charge in [-0.05, 0) is 30.3 Å². The molecule has 0 aromatic heterocycles. The largest absolute Gasteiger partial charge is 0.497 e. The highest BCUT2D eigenvalue weighted by Crippen LogP contribution is 2.28. The summed E-state index contributed by atoms with van der Waals surface area (Å²) in [7, 11) is 1.63. The Morgan fingerprint density at radius 1 is 1.00 bits per heavy atom. The molecule has 2 aromatic carbocycles. The molecule has 2 aromatic rings. The van der Waals surface area contributed by atoms with Crippen LogP contribution in [-0.2, 0) is 6.61 Å². The average molecular weight is 362 g/mol. The third-order valence-electron chi connectivity index (χ3n) is 2.54. The van der Waals surface area contributed by atoms with E-state index >= 15 is 0 Å². The lowest BCUT2D eigenvalue weighted by Gasteiger charge is -2.10. The Bertz CT molecular complexity index is 588. The quantitative estimate of drug-likeness (QED) is 0.731. The monoisotopic (exact) mass is 360 g/mol. The zero-order chi connectivity index (χ0) is 13.8. The summed E-state index contributed by atoms with van der Waals surface area (Å²) in [5, 5.41) is 0.987. The van der Waals surface area contributed by atoms with E-state index in [1.807, 2.05) is 18.2 Å². The Labute approximate surface area is 130 Å². The van der Waals surface area contributed by atoms with Crippen LogP contribution in [0.15, 0.2) is 40.9 Å². The predicted molar refractivity (Wildman–Crippen MR) is 81.5 cm³/mol. The second-order valence-electron chi connectivity index (χ2n) is 3.82. The topological polar surface area (TPSA) is 18.5 Å². The van der Waals surface area contributed by atoms with Crippen LogP contribution in [0.5, 0.6) is 11.5 Å². The van der Waals surface area contributed by atoms with Gasteiger partial charge in [0.25, 0.3) is 0 Å². The first-order valence-electron chi connectivity index (χ1n) is 5.50. The average Bonchev–Trinajstić information content (AvgIpc) is 2.41. The maximum Gasteiger partial charge on any atom is 0.121 e. The van der Waals surface area contributed by atoms with Crippen LogP contribution in [0.4, 0.5) is 0 Å². The van der Waals surface area contributed by atoms with Crippen molar-refractivity contribution in [1.82, 2.24) is 0 Å². The summed E-state index contributed by atoms with van der Waals surface area (Å²) in [6.45, 7) is 0.412. The van der Waals surface area contributed by atoms with Crippen LogP contribution < -0.4 is 9.47 Å². The van der Waals surface area contributed by atoms with E-state index in [1.165, 1.54) is 0 Å². The van der Waals surface area contributed by atoms with Crippen molar-refractivity contribution in [2.24, 2.45) is 0 Å². The second-order valence-corrected chi connectivity index (χ2v) is 5.49. The number of benzene rings is 2. The van der Waals surface area contributed by atoms with E-state index in [0.717, 1.165) is 15.8 Å². The molecule has 0 aliphatic heterocycles. The van der Waals surface area contributed by atoms with Crippen LogP contribution in [0.2, 0.25) is 10.0 Å². The molecule has 0 aliphatic rings. The van der Waals surface area contributed by atoms with Crippen LogP contribution in [-0.4, -0.2) is 7.11 Å². The molecule has 0 atom stereocenters. The Kier molecular flexibility index (Phi) is 4.97. The molecule has 0 saturated carbocycles. The minimum Gasteiger partial charge on any atom is -0.497 e. The van der Waals surface area contributed by atoms with Gasteiger partial charge in [-0.15, -0.1) is 0 Å². The minimum atomic E-state index is 0.412. The van der Waals surface area contributed by atoms with Gasteiger partial charge in [0.2, 0.25) is 0 Å². The van der Waals surface area contributed by atoms with E-state index < -0.39 is 0 Å². The summed E-state index contributed by atoms with van der Waals surface area (Å²) in [5.74, 6) is 1.46. The van der Waals surface area contributed by atoms with Crippen LogP contribution in [0.25, 0.3) is 0 Å². The third kappa shape index (κ3) is 3.78. The standard InChI is InChI=1S/C14H11BrCl2O2/c1-18-10-2-4-12(15)9(6-10)8-19-11-3-5-13(16)14(17)7-11/h2-7H,8H2,1H3. The molecule has 0 unspecified atom stereocenters. The normalized spacial score (nSPS) is 10.3. The molecule has 2 rings (SSSR count). The number of hydrogen-bond donors (Lipinski definition) is 0. The summed E-state index contributed by atoms with van der Waals surface area (Å²) < 4.78 is 11.8. The molecule has 0 fully saturated rings. The van der Waals surface area contributed by atoms with E-state index in [2.05, 4.69) is 15.9 Å². The van der Waals surface area contributed by atoms with E-state index in [-0.39, 0.29) is 0 Å². The minimum absolute atomic E-state index is 0.412. The fourth-order valence-electron chi connectivity index (χ4n) is 1.52. The Balaban J connectivity index is 2.11. The highest BCUT2D eigenvalue weighted by atomic mass is 79.9. The molecule has 100 valence electrons. The van der Waals surface area contributed by atoms with Crippen molar-refractivity contribution in [1.29, 1.82) is 0 Å². The number of methoxy groups -OCH3 is 1. The van der Waals surface area contributed by atoms with Crippen molar-refractivity contribution >= 4 is 39.1 Å². The van der Waals surface area contributed by atoms with Gasteiger partial charge in [0.15, 0.2) is 0 Å². The first-order valence-corrected chi connectivity index (χ1v) is 7.05. The lowest BCUT2D eigenvalue weighted by molar-refractivity contribution is 0.304. The predicted octanol–water partition coefficient (Wildman–Crippen LogP) is 5.34. The SMILES string of the molecule is COc1ccc(Br)c(COc2ccc(Cl)c(Cl)c2)c1. The smallest absolute Gasteiger partial charge is 0.121 e. The van der Waals surface area contributed by atoms with Crippen molar-refractivity contribution in [2.75, 3.05) is 7.11 Å². The van der Waals surface area contributed by atoms with Crippen molar-refractivity contribution in [3.05, 3.63) is 56.5 Å². The van der Waals surface area contributed by atoms with Gasteiger partial charge in [0.05, 0.1) is 17.2 Å². The number of hydrogen-bond acceptors (Lipinski definition) is 2. The molecule has 0 aliphatic carbocycles. The van der Waals surface area contributed by atoms with Gasteiger partial charge in [-0.3, -0.25) is 0 Å². The first kappa shape index (κ1) is 14.5.